The second kappa shape index (κ2) is 7.75. The van der Waals surface area contributed by atoms with E-state index < -0.39 is 5.97 Å². The highest BCUT2D eigenvalue weighted by molar-refractivity contribution is 7.13. The molecule has 0 aliphatic carbocycles. The van der Waals surface area contributed by atoms with Crippen LogP contribution in [-0.2, 0) is 9.53 Å². The predicted octanol–water partition coefficient (Wildman–Crippen LogP) is 4.71. The van der Waals surface area contributed by atoms with Crippen molar-refractivity contribution in [2.45, 2.75) is 19.4 Å². The number of amides is 1. The van der Waals surface area contributed by atoms with Crippen molar-refractivity contribution in [3.8, 4) is 0 Å². The van der Waals surface area contributed by atoms with Gasteiger partial charge in [0.15, 0.2) is 6.61 Å². The van der Waals surface area contributed by atoms with Gasteiger partial charge in [0.2, 0.25) is 0 Å². The van der Waals surface area contributed by atoms with Gasteiger partial charge >= 0.3 is 5.97 Å². The molecule has 0 saturated heterocycles. The Morgan fingerprint density at radius 1 is 1.19 bits per heavy atom. The number of ether oxygens (including phenoxy) is 1. The Kier molecular flexibility index (Phi) is 5.20. The number of aryl methyl sites for hydroxylation is 1. The van der Waals surface area contributed by atoms with Crippen LogP contribution in [0.1, 0.15) is 36.8 Å². The molecule has 5 nitrogen and oxygen atoms in total. The van der Waals surface area contributed by atoms with Gasteiger partial charge in [0.05, 0.1) is 16.6 Å². The molecule has 1 aliphatic rings. The standard InChI is InChI=1S/C19H16N2O3S3/c1-12-6-7-17(27-12)19(23)24-11-18(22)21-14(16-5-3-9-26-16)10-13(20-21)15-4-2-8-25-15/h2-9,14H,10-11H2,1H3. The molecule has 4 heterocycles. The van der Waals surface area contributed by atoms with Crippen molar-refractivity contribution >= 4 is 51.6 Å². The third-order valence-corrected chi connectivity index (χ3v) is 6.98. The van der Waals surface area contributed by atoms with Gasteiger partial charge in [0, 0.05) is 16.2 Å². The van der Waals surface area contributed by atoms with Crippen molar-refractivity contribution < 1.29 is 14.3 Å². The number of carbonyl (C=O) groups is 2. The maximum absolute atomic E-state index is 12.8. The summed E-state index contributed by atoms with van der Waals surface area (Å²) in [6.07, 6.45) is 0.658. The largest absolute Gasteiger partial charge is 0.451 e. The van der Waals surface area contributed by atoms with Crippen molar-refractivity contribution in [3.05, 3.63) is 66.7 Å². The molecule has 0 N–H and O–H groups in total. The molecule has 1 amide bonds. The fourth-order valence-corrected chi connectivity index (χ4v) is 5.14. The van der Waals surface area contributed by atoms with E-state index in [1.807, 2.05) is 48.0 Å². The van der Waals surface area contributed by atoms with Crippen LogP contribution in [0.3, 0.4) is 0 Å². The van der Waals surface area contributed by atoms with Gasteiger partial charge in [-0.1, -0.05) is 12.1 Å². The first-order chi connectivity index (χ1) is 13.1. The molecule has 0 fully saturated rings. The van der Waals surface area contributed by atoms with Crippen LogP contribution in [0.5, 0.6) is 0 Å². The average Bonchev–Trinajstić information content (AvgIpc) is 3.45. The van der Waals surface area contributed by atoms with E-state index in [1.165, 1.54) is 16.3 Å². The maximum Gasteiger partial charge on any atom is 0.348 e. The van der Waals surface area contributed by atoms with Crippen molar-refractivity contribution in [2.24, 2.45) is 5.10 Å². The lowest BCUT2D eigenvalue weighted by Gasteiger charge is -2.20. The van der Waals surface area contributed by atoms with Crippen LogP contribution in [0.4, 0.5) is 0 Å². The smallest absolute Gasteiger partial charge is 0.348 e. The Bertz CT molecular complexity index is 974. The quantitative estimate of drug-likeness (QED) is 0.566. The molecule has 3 aromatic rings. The third-order valence-electron chi connectivity index (χ3n) is 4.11. The van der Waals surface area contributed by atoms with Crippen LogP contribution in [0.2, 0.25) is 0 Å². The van der Waals surface area contributed by atoms with Gasteiger partial charge in [-0.3, -0.25) is 4.79 Å². The van der Waals surface area contributed by atoms with E-state index in [-0.39, 0.29) is 18.6 Å². The summed E-state index contributed by atoms with van der Waals surface area (Å²) in [5, 5.41) is 10.00. The van der Waals surface area contributed by atoms with Crippen molar-refractivity contribution in [3.63, 3.8) is 0 Å². The average molecular weight is 417 g/mol. The first-order valence-electron chi connectivity index (χ1n) is 8.32. The normalized spacial score (nSPS) is 16.4. The molecule has 3 aromatic heterocycles. The number of thiophene rings is 3. The molecule has 0 aromatic carbocycles. The minimum Gasteiger partial charge on any atom is -0.451 e. The van der Waals surface area contributed by atoms with Crippen LogP contribution in [-0.4, -0.2) is 29.2 Å². The lowest BCUT2D eigenvalue weighted by Crippen LogP contribution is -2.31. The Balaban J connectivity index is 1.49. The van der Waals surface area contributed by atoms with Gasteiger partial charge in [-0.15, -0.1) is 34.0 Å². The zero-order valence-electron chi connectivity index (χ0n) is 14.5. The van der Waals surface area contributed by atoms with E-state index in [0.717, 1.165) is 20.3 Å². The van der Waals surface area contributed by atoms with E-state index in [4.69, 9.17) is 4.74 Å². The molecule has 1 atom stereocenters. The second-order valence-electron chi connectivity index (χ2n) is 5.98. The first kappa shape index (κ1) is 18.1. The van der Waals surface area contributed by atoms with Gasteiger partial charge in [0.1, 0.15) is 4.88 Å². The molecule has 0 bridgehead atoms. The summed E-state index contributed by atoms with van der Waals surface area (Å²) >= 11 is 4.55. The van der Waals surface area contributed by atoms with Crippen molar-refractivity contribution in [1.82, 2.24) is 5.01 Å². The van der Waals surface area contributed by atoms with Crippen LogP contribution < -0.4 is 0 Å². The highest BCUT2D eigenvalue weighted by Crippen LogP contribution is 2.35. The number of nitrogens with zero attached hydrogens (tertiary/aromatic N) is 2. The number of carbonyl (C=O) groups excluding carboxylic acids is 2. The summed E-state index contributed by atoms with van der Waals surface area (Å²) in [6.45, 7) is 1.60. The van der Waals surface area contributed by atoms with Gasteiger partial charge in [-0.2, -0.15) is 5.10 Å². The van der Waals surface area contributed by atoms with Crippen molar-refractivity contribution in [1.29, 1.82) is 0 Å². The molecular formula is C19H16N2O3S3. The van der Waals surface area contributed by atoms with Gasteiger partial charge < -0.3 is 4.74 Å². The fourth-order valence-electron chi connectivity index (χ4n) is 2.84. The second-order valence-corrected chi connectivity index (χ2v) is 9.20. The van der Waals surface area contributed by atoms with Crippen LogP contribution in [0, 0.1) is 6.92 Å². The molecule has 1 aliphatic heterocycles. The molecule has 138 valence electrons. The summed E-state index contributed by atoms with van der Waals surface area (Å²) < 4.78 is 5.22. The van der Waals surface area contributed by atoms with E-state index >= 15 is 0 Å². The molecule has 27 heavy (non-hydrogen) atoms. The molecule has 8 heteroatoms. The zero-order chi connectivity index (χ0) is 18.8. The van der Waals surface area contributed by atoms with Gasteiger partial charge in [0.25, 0.3) is 5.91 Å². The third kappa shape index (κ3) is 3.87. The Morgan fingerprint density at radius 2 is 2.00 bits per heavy atom. The Morgan fingerprint density at radius 3 is 2.67 bits per heavy atom. The molecular weight excluding hydrogens is 400 g/mol. The highest BCUT2D eigenvalue weighted by atomic mass is 32.1. The SMILES string of the molecule is Cc1ccc(C(=O)OCC(=O)N2N=C(c3cccs3)CC2c2cccs2)s1. The number of hydrogen-bond acceptors (Lipinski definition) is 7. The Labute approximate surface area is 168 Å². The van der Waals surface area contributed by atoms with Crippen LogP contribution >= 0.6 is 34.0 Å². The van der Waals surface area contributed by atoms with Crippen LogP contribution in [0.15, 0.2) is 52.3 Å². The minimum atomic E-state index is -0.476. The van der Waals surface area contributed by atoms with Gasteiger partial charge in [-0.05, 0) is 41.9 Å². The minimum absolute atomic E-state index is 0.155. The molecule has 0 saturated carbocycles. The summed E-state index contributed by atoms with van der Waals surface area (Å²) in [5.41, 5.74) is 0.886. The highest BCUT2D eigenvalue weighted by Gasteiger charge is 2.34. The van der Waals surface area contributed by atoms with E-state index in [1.54, 1.807) is 28.7 Å². The molecule has 1 unspecified atom stereocenters. The summed E-state index contributed by atoms with van der Waals surface area (Å²) in [6, 6.07) is 11.4. The number of hydrazone groups is 1. The Hall–Kier alpha value is -2.29. The molecule has 0 radical (unpaired) electrons. The van der Waals surface area contributed by atoms with Gasteiger partial charge in [-0.25, -0.2) is 9.80 Å². The van der Waals surface area contributed by atoms with Crippen LogP contribution in [0.25, 0.3) is 0 Å². The lowest BCUT2D eigenvalue weighted by atomic mass is 10.1. The van der Waals surface area contributed by atoms with E-state index in [2.05, 4.69) is 5.10 Å². The number of rotatable bonds is 5. The summed E-state index contributed by atoms with van der Waals surface area (Å²) in [5.74, 6) is -0.794. The number of hydrogen-bond donors (Lipinski definition) is 0. The maximum atomic E-state index is 12.8. The first-order valence-corrected chi connectivity index (χ1v) is 10.9. The van der Waals surface area contributed by atoms with E-state index in [9.17, 15) is 9.59 Å². The summed E-state index contributed by atoms with van der Waals surface area (Å²) in [7, 11) is 0. The fraction of sp³-hybridized carbons (Fsp3) is 0.211. The predicted molar refractivity (Wildman–Crippen MR) is 109 cm³/mol. The topological polar surface area (TPSA) is 59.0 Å². The summed E-state index contributed by atoms with van der Waals surface area (Å²) in [4.78, 5) is 28.5. The number of esters is 1. The zero-order valence-corrected chi connectivity index (χ0v) is 16.9. The monoisotopic (exact) mass is 416 g/mol. The van der Waals surface area contributed by atoms with Crippen molar-refractivity contribution in [2.75, 3.05) is 6.61 Å². The molecule has 0 spiro atoms. The van der Waals surface area contributed by atoms with E-state index in [0.29, 0.717) is 11.3 Å². The lowest BCUT2D eigenvalue weighted by molar-refractivity contribution is -0.136. The molecule has 4 rings (SSSR count).